The second-order valence-corrected chi connectivity index (χ2v) is 5.05. The summed E-state index contributed by atoms with van der Waals surface area (Å²) in [7, 11) is 3.97. The highest BCUT2D eigenvalue weighted by atomic mass is 16.3. The number of anilines is 1. The van der Waals surface area contributed by atoms with E-state index in [-0.39, 0.29) is 0 Å². The molecule has 0 atom stereocenters. The lowest BCUT2D eigenvalue weighted by Crippen LogP contribution is -2.21. The lowest BCUT2D eigenvalue weighted by Gasteiger charge is -2.13. The molecule has 4 heteroatoms. The molecule has 0 heterocycles. The summed E-state index contributed by atoms with van der Waals surface area (Å²) in [5, 5.41) is 9.82. The number of benzene rings is 2. The van der Waals surface area contributed by atoms with Crippen LogP contribution in [0.4, 0.5) is 5.69 Å². The van der Waals surface area contributed by atoms with E-state index in [0.29, 0.717) is 12.3 Å². The highest BCUT2D eigenvalue weighted by Crippen LogP contribution is 2.19. The summed E-state index contributed by atoms with van der Waals surface area (Å²) in [5.74, 6) is 0.346. The monoisotopic (exact) mass is 271 g/mol. The second-order valence-electron chi connectivity index (χ2n) is 5.05. The molecule has 0 radical (unpaired) electrons. The Morgan fingerprint density at radius 2 is 1.80 bits per heavy atom. The Labute approximate surface area is 120 Å². The standard InChI is InChI=1S/C16H21N3O/c1-19(2)12-14-10-13(8-9-16(14)20)11-17-18-15-6-4-3-5-7-15/h3-10,17-18,20H,11-12H2,1-2H3. The summed E-state index contributed by atoms with van der Waals surface area (Å²) in [5.41, 5.74) is 9.41. The lowest BCUT2D eigenvalue weighted by molar-refractivity contribution is 0.385. The molecular weight excluding hydrogens is 250 g/mol. The summed E-state index contributed by atoms with van der Waals surface area (Å²) in [4.78, 5) is 2.04. The molecule has 0 aliphatic heterocycles. The first-order valence-corrected chi connectivity index (χ1v) is 6.64. The highest BCUT2D eigenvalue weighted by Gasteiger charge is 2.04. The topological polar surface area (TPSA) is 47.5 Å². The predicted molar refractivity (Wildman–Crippen MR) is 82.4 cm³/mol. The zero-order valence-corrected chi connectivity index (χ0v) is 11.9. The van der Waals surface area contributed by atoms with Crippen molar-refractivity contribution < 1.29 is 5.11 Å². The van der Waals surface area contributed by atoms with Gasteiger partial charge in [-0.15, -0.1) is 0 Å². The fraction of sp³-hybridized carbons (Fsp3) is 0.250. The Bertz CT molecular complexity index is 541. The van der Waals surface area contributed by atoms with Gasteiger partial charge in [-0.05, 0) is 43.9 Å². The Balaban J connectivity index is 1.93. The van der Waals surface area contributed by atoms with E-state index in [1.807, 2.05) is 61.5 Å². The Morgan fingerprint density at radius 1 is 1.05 bits per heavy atom. The van der Waals surface area contributed by atoms with Crippen LogP contribution >= 0.6 is 0 Å². The maximum Gasteiger partial charge on any atom is 0.120 e. The van der Waals surface area contributed by atoms with Gasteiger partial charge in [0.05, 0.1) is 0 Å². The molecule has 0 saturated heterocycles. The molecule has 2 rings (SSSR count). The predicted octanol–water partition coefficient (Wildman–Crippen LogP) is 2.57. The summed E-state index contributed by atoms with van der Waals surface area (Å²) in [6, 6.07) is 15.7. The van der Waals surface area contributed by atoms with E-state index in [9.17, 15) is 5.11 Å². The minimum atomic E-state index is 0.346. The number of nitrogens with one attached hydrogen (secondary N) is 2. The molecule has 2 aromatic rings. The van der Waals surface area contributed by atoms with Crippen molar-refractivity contribution in [2.45, 2.75) is 13.1 Å². The third kappa shape index (κ3) is 4.26. The highest BCUT2D eigenvalue weighted by molar-refractivity contribution is 5.41. The third-order valence-corrected chi connectivity index (χ3v) is 2.93. The zero-order valence-electron chi connectivity index (χ0n) is 11.9. The van der Waals surface area contributed by atoms with Crippen LogP contribution in [-0.2, 0) is 13.1 Å². The average molecular weight is 271 g/mol. The van der Waals surface area contributed by atoms with E-state index in [0.717, 1.165) is 23.4 Å². The van der Waals surface area contributed by atoms with E-state index in [1.54, 1.807) is 6.07 Å². The van der Waals surface area contributed by atoms with Crippen molar-refractivity contribution in [3.63, 3.8) is 0 Å². The van der Waals surface area contributed by atoms with E-state index in [4.69, 9.17) is 0 Å². The average Bonchev–Trinajstić information content (AvgIpc) is 2.43. The van der Waals surface area contributed by atoms with Crippen LogP contribution in [0, 0.1) is 0 Å². The summed E-state index contributed by atoms with van der Waals surface area (Å²) >= 11 is 0. The van der Waals surface area contributed by atoms with Crippen molar-refractivity contribution in [2.75, 3.05) is 19.5 Å². The van der Waals surface area contributed by atoms with E-state index in [1.165, 1.54) is 0 Å². The van der Waals surface area contributed by atoms with Gasteiger partial charge in [-0.3, -0.25) is 0 Å². The quantitative estimate of drug-likeness (QED) is 0.707. The molecule has 0 amide bonds. The van der Waals surface area contributed by atoms with Crippen molar-refractivity contribution in [2.24, 2.45) is 0 Å². The molecule has 0 spiro atoms. The van der Waals surface area contributed by atoms with Gasteiger partial charge < -0.3 is 15.4 Å². The zero-order chi connectivity index (χ0) is 14.4. The van der Waals surface area contributed by atoms with Crippen molar-refractivity contribution in [3.05, 3.63) is 59.7 Å². The van der Waals surface area contributed by atoms with Crippen LogP contribution in [0.15, 0.2) is 48.5 Å². The molecule has 0 aliphatic carbocycles. The number of aromatic hydroxyl groups is 1. The Morgan fingerprint density at radius 3 is 2.50 bits per heavy atom. The van der Waals surface area contributed by atoms with Gasteiger partial charge in [0.25, 0.3) is 0 Å². The van der Waals surface area contributed by atoms with E-state index < -0.39 is 0 Å². The molecule has 3 N–H and O–H groups in total. The van der Waals surface area contributed by atoms with Gasteiger partial charge in [0, 0.05) is 24.3 Å². The minimum absolute atomic E-state index is 0.346. The number of phenols is 1. The smallest absolute Gasteiger partial charge is 0.120 e. The first-order valence-electron chi connectivity index (χ1n) is 6.64. The number of para-hydroxylation sites is 1. The summed E-state index contributed by atoms with van der Waals surface area (Å²) in [6.07, 6.45) is 0. The summed E-state index contributed by atoms with van der Waals surface area (Å²) in [6.45, 7) is 1.42. The molecule has 0 saturated carbocycles. The van der Waals surface area contributed by atoms with Gasteiger partial charge in [0.15, 0.2) is 0 Å². The maximum atomic E-state index is 9.82. The number of hydrazine groups is 1. The second kappa shape index (κ2) is 6.93. The van der Waals surface area contributed by atoms with Crippen LogP contribution < -0.4 is 10.9 Å². The van der Waals surface area contributed by atoms with Crippen LogP contribution in [-0.4, -0.2) is 24.1 Å². The van der Waals surface area contributed by atoms with Crippen molar-refractivity contribution in [3.8, 4) is 5.75 Å². The fourth-order valence-electron chi connectivity index (χ4n) is 1.99. The van der Waals surface area contributed by atoms with Crippen molar-refractivity contribution >= 4 is 5.69 Å². The molecule has 0 aliphatic rings. The lowest BCUT2D eigenvalue weighted by atomic mass is 10.1. The van der Waals surface area contributed by atoms with Crippen molar-refractivity contribution in [1.29, 1.82) is 0 Å². The Kier molecular flexibility index (Phi) is 4.98. The van der Waals surface area contributed by atoms with Crippen LogP contribution in [0.25, 0.3) is 0 Å². The van der Waals surface area contributed by atoms with Gasteiger partial charge in [-0.25, -0.2) is 5.43 Å². The molecule has 2 aromatic carbocycles. The van der Waals surface area contributed by atoms with E-state index in [2.05, 4.69) is 10.9 Å². The third-order valence-electron chi connectivity index (χ3n) is 2.93. The number of rotatable bonds is 6. The van der Waals surface area contributed by atoms with E-state index >= 15 is 0 Å². The van der Waals surface area contributed by atoms with Gasteiger partial charge >= 0.3 is 0 Å². The normalized spacial score (nSPS) is 10.8. The van der Waals surface area contributed by atoms with Gasteiger partial charge in [-0.2, -0.15) is 0 Å². The molecule has 4 nitrogen and oxygen atoms in total. The fourth-order valence-corrected chi connectivity index (χ4v) is 1.99. The Hall–Kier alpha value is -2.04. The van der Waals surface area contributed by atoms with Gasteiger partial charge in [0.1, 0.15) is 5.75 Å². The molecular formula is C16H21N3O. The van der Waals surface area contributed by atoms with Crippen LogP contribution in [0.1, 0.15) is 11.1 Å². The number of phenolic OH excluding ortho intramolecular Hbond substituents is 1. The number of hydrogen-bond acceptors (Lipinski definition) is 4. The SMILES string of the molecule is CN(C)Cc1cc(CNNc2ccccc2)ccc1O. The minimum Gasteiger partial charge on any atom is -0.508 e. The first kappa shape index (κ1) is 14.4. The van der Waals surface area contributed by atoms with Crippen LogP contribution in [0.3, 0.4) is 0 Å². The number of nitrogens with zero attached hydrogens (tertiary/aromatic N) is 1. The van der Waals surface area contributed by atoms with Crippen LogP contribution in [0.2, 0.25) is 0 Å². The largest absolute Gasteiger partial charge is 0.508 e. The molecule has 0 unspecified atom stereocenters. The molecule has 106 valence electrons. The molecule has 0 fully saturated rings. The van der Waals surface area contributed by atoms with Crippen LogP contribution in [0.5, 0.6) is 5.75 Å². The maximum absolute atomic E-state index is 9.82. The molecule has 0 aromatic heterocycles. The molecule has 20 heavy (non-hydrogen) atoms. The first-order chi connectivity index (χ1) is 9.65. The van der Waals surface area contributed by atoms with Crippen molar-refractivity contribution in [1.82, 2.24) is 10.3 Å². The molecule has 0 bridgehead atoms. The summed E-state index contributed by atoms with van der Waals surface area (Å²) < 4.78 is 0. The number of hydrogen-bond donors (Lipinski definition) is 3. The van der Waals surface area contributed by atoms with Gasteiger partial charge in [0.2, 0.25) is 0 Å². The van der Waals surface area contributed by atoms with Gasteiger partial charge in [-0.1, -0.05) is 24.3 Å².